The van der Waals surface area contributed by atoms with Gasteiger partial charge in [-0.1, -0.05) is 28.1 Å². The standard InChI is InChI=1S/C18H15ClN4O2S2/c1-2-23(18-20-13-9-12(19)3-4-14(13)27-18)16(24)6-5-15-21-17(22-25-15)11-7-8-26-10-11/h3-4,7-10H,2,5-6H2,1H3. The summed E-state index contributed by atoms with van der Waals surface area (Å²) in [5, 5.41) is 9.19. The van der Waals surface area contributed by atoms with Crippen molar-refractivity contribution in [2.24, 2.45) is 0 Å². The molecular formula is C18H15ClN4O2S2. The van der Waals surface area contributed by atoms with Gasteiger partial charge in [-0.15, -0.1) is 0 Å². The summed E-state index contributed by atoms with van der Waals surface area (Å²) in [4.78, 5) is 23.3. The highest BCUT2D eigenvalue weighted by molar-refractivity contribution is 7.22. The molecule has 9 heteroatoms. The van der Waals surface area contributed by atoms with Crippen molar-refractivity contribution in [3.05, 3.63) is 45.9 Å². The van der Waals surface area contributed by atoms with Gasteiger partial charge in [0.1, 0.15) is 0 Å². The summed E-state index contributed by atoms with van der Waals surface area (Å²) in [6, 6.07) is 7.48. The van der Waals surface area contributed by atoms with Crippen LogP contribution in [0.1, 0.15) is 19.2 Å². The van der Waals surface area contributed by atoms with E-state index < -0.39 is 0 Å². The lowest BCUT2D eigenvalue weighted by Crippen LogP contribution is -2.30. The summed E-state index contributed by atoms with van der Waals surface area (Å²) in [5.74, 6) is 0.976. The van der Waals surface area contributed by atoms with E-state index in [4.69, 9.17) is 16.1 Å². The predicted molar refractivity (Wildman–Crippen MR) is 109 cm³/mol. The number of nitrogens with zero attached hydrogens (tertiary/aromatic N) is 4. The molecule has 0 bridgehead atoms. The minimum Gasteiger partial charge on any atom is -0.339 e. The molecular weight excluding hydrogens is 404 g/mol. The lowest BCUT2D eigenvalue weighted by atomic mass is 10.2. The second-order valence-corrected chi connectivity index (χ2v) is 8.00. The van der Waals surface area contributed by atoms with Crippen LogP contribution in [0.4, 0.5) is 5.13 Å². The fourth-order valence-corrected chi connectivity index (χ4v) is 4.46. The maximum absolute atomic E-state index is 12.7. The van der Waals surface area contributed by atoms with Crippen LogP contribution in [0.2, 0.25) is 5.02 Å². The topological polar surface area (TPSA) is 72.1 Å². The number of thiazole rings is 1. The maximum atomic E-state index is 12.7. The Balaban J connectivity index is 1.45. The highest BCUT2D eigenvalue weighted by Crippen LogP contribution is 2.31. The Bertz CT molecular complexity index is 1070. The molecule has 3 aromatic heterocycles. The average molecular weight is 419 g/mol. The molecule has 27 heavy (non-hydrogen) atoms. The highest BCUT2D eigenvalue weighted by Gasteiger charge is 2.19. The number of anilines is 1. The van der Waals surface area contributed by atoms with E-state index in [1.165, 1.54) is 11.3 Å². The molecule has 0 fully saturated rings. The Hall–Kier alpha value is -2.29. The molecule has 138 valence electrons. The summed E-state index contributed by atoms with van der Waals surface area (Å²) >= 11 is 9.07. The Morgan fingerprint density at radius 3 is 2.96 bits per heavy atom. The molecule has 0 radical (unpaired) electrons. The van der Waals surface area contributed by atoms with Gasteiger partial charge in [-0.3, -0.25) is 9.69 Å². The zero-order valence-corrected chi connectivity index (χ0v) is 16.8. The number of rotatable bonds is 6. The molecule has 6 nitrogen and oxygen atoms in total. The summed E-state index contributed by atoms with van der Waals surface area (Å²) in [6.45, 7) is 2.47. The second kappa shape index (κ2) is 7.75. The normalized spacial score (nSPS) is 11.2. The molecule has 0 saturated heterocycles. The molecule has 3 heterocycles. The minimum atomic E-state index is -0.0297. The van der Waals surface area contributed by atoms with Crippen molar-refractivity contribution in [1.82, 2.24) is 15.1 Å². The molecule has 0 aliphatic rings. The van der Waals surface area contributed by atoms with E-state index in [-0.39, 0.29) is 12.3 Å². The van der Waals surface area contributed by atoms with Crippen molar-refractivity contribution in [3.8, 4) is 11.4 Å². The van der Waals surface area contributed by atoms with E-state index in [2.05, 4.69) is 15.1 Å². The van der Waals surface area contributed by atoms with E-state index in [0.29, 0.717) is 34.8 Å². The third kappa shape index (κ3) is 3.87. The second-order valence-electron chi connectivity index (χ2n) is 5.77. The van der Waals surface area contributed by atoms with Crippen LogP contribution in [0.15, 0.2) is 39.5 Å². The van der Waals surface area contributed by atoms with Crippen LogP contribution in [0.25, 0.3) is 21.6 Å². The van der Waals surface area contributed by atoms with Gasteiger partial charge in [0, 0.05) is 35.4 Å². The van der Waals surface area contributed by atoms with Crippen molar-refractivity contribution in [3.63, 3.8) is 0 Å². The van der Waals surface area contributed by atoms with Crippen molar-refractivity contribution >= 4 is 55.5 Å². The number of hydrogen-bond acceptors (Lipinski definition) is 7. The molecule has 0 saturated carbocycles. The number of halogens is 1. The van der Waals surface area contributed by atoms with Gasteiger partial charge < -0.3 is 4.52 Å². The number of aryl methyl sites for hydroxylation is 1. The first kappa shape index (κ1) is 18.1. The largest absolute Gasteiger partial charge is 0.339 e. The monoisotopic (exact) mass is 418 g/mol. The maximum Gasteiger partial charge on any atom is 0.229 e. The third-order valence-corrected chi connectivity index (χ3v) is 5.96. The van der Waals surface area contributed by atoms with Gasteiger partial charge >= 0.3 is 0 Å². The van der Waals surface area contributed by atoms with Gasteiger partial charge in [-0.25, -0.2) is 4.98 Å². The Morgan fingerprint density at radius 2 is 2.19 bits per heavy atom. The summed E-state index contributed by atoms with van der Waals surface area (Å²) in [7, 11) is 0. The van der Waals surface area contributed by atoms with E-state index in [1.807, 2.05) is 35.9 Å². The molecule has 4 rings (SSSR count). The number of aromatic nitrogens is 3. The number of benzene rings is 1. The molecule has 4 aromatic rings. The van der Waals surface area contributed by atoms with E-state index in [1.54, 1.807) is 22.3 Å². The first-order valence-electron chi connectivity index (χ1n) is 8.35. The van der Waals surface area contributed by atoms with Gasteiger partial charge in [0.25, 0.3) is 0 Å². The zero-order valence-electron chi connectivity index (χ0n) is 14.4. The number of fused-ring (bicyclic) bond motifs is 1. The Kier molecular flexibility index (Phi) is 5.20. The fourth-order valence-electron chi connectivity index (χ4n) is 2.64. The SMILES string of the molecule is CCN(C(=O)CCc1nc(-c2ccsc2)no1)c1nc2cc(Cl)ccc2s1. The number of thiophene rings is 1. The third-order valence-electron chi connectivity index (χ3n) is 3.99. The fraction of sp³-hybridized carbons (Fsp3) is 0.222. The zero-order chi connectivity index (χ0) is 18.8. The molecule has 0 aliphatic carbocycles. The van der Waals surface area contributed by atoms with Crippen molar-refractivity contribution in [2.75, 3.05) is 11.4 Å². The first-order chi connectivity index (χ1) is 13.1. The van der Waals surface area contributed by atoms with Gasteiger partial charge in [0.05, 0.1) is 10.2 Å². The quantitative estimate of drug-likeness (QED) is 0.438. The summed E-state index contributed by atoms with van der Waals surface area (Å²) < 4.78 is 6.26. The summed E-state index contributed by atoms with van der Waals surface area (Å²) in [6.07, 6.45) is 0.666. The van der Waals surface area contributed by atoms with Gasteiger partial charge in [0.2, 0.25) is 17.6 Å². The van der Waals surface area contributed by atoms with Crippen LogP contribution in [0.3, 0.4) is 0 Å². The van der Waals surface area contributed by atoms with E-state index in [9.17, 15) is 4.79 Å². The van der Waals surface area contributed by atoms with Crippen LogP contribution in [0.5, 0.6) is 0 Å². The molecule has 0 aliphatic heterocycles. The number of carbonyl (C=O) groups is 1. The minimum absolute atomic E-state index is 0.0297. The lowest BCUT2D eigenvalue weighted by molar-refractivity contribution is -0.118. The molecule has 0 unspecified atom stereocenters. The van der Waals surface area contributed by atoms with Crippen LogP contribution >= 0.6 is 34.3 Å². The molecule has 0 spiro atoms. The number of amides is 1. The first-order valence-corrected chi connectivity index (χ1v) is 10.5. The molecule has 1 aromatic carbocycles. The molecule has 0 N–H and O–H groups in total. The number of carbonyl (C=O) groups excluding carboxylic acids is 1. The van der Waals surface area contributed by atoms with Crippen LogP contribution in [-0.4, -0.2) is 27.6 Å². The smallest absolute Gasteiger partial charge is 0.229 e. The van der Waals surface area contributed by atoms with Crippen molar-refractivity contribution in [2.45, 2.75) is 19.8 Å². The van der Waals surface area contributed by atoms with Crippen molar-refractivity contribution < 1.29 is 9.32 Å². The van der Waals surface area contributed by atoms with Crippen LogP contribution in [0, 0.1) is 0 Å². The predicted octanol–water partition coefficient (Wildman–Crippen LogP) is 5.05. The lowest BCUT2D eigenvalue weighted by Gasteiger charge is -2.16. The number of hydrogen-bond donors (Lipinski definition) is 0. The highest BCUT2D eigenvalue weighted by atomic mass is 35.5. The van der Waals surface area contributed by atoms with E-state index in [0.717, 1.165) is 15.8 Å². The van der Waals surface area contributed by atoms with Crippen LogP contribution < -0.4 is 4.90 Å². The van der Waals surface area contributed by atoms with Gasteiger partial charge in [-0.2, -0.15) is 16.3 Å². The molecule has 1 amide bonds. The van der Waals surface area contributed by atoms with Crippen LogP contribution in [-0.2, 0) is 11.2 Å². The van der Waals surface area contributed by atoms with Crippen molar-refractivity contribution in [1.29, 1.82) is 0 Å². The van der Waals surface area contributed by atoms with Gasteiger partial charge in [-0.05, 0) is 36.6 Å². The Morgan fingerprint density at radius 1 is 1.30 bits per heavy atom. The van der Waals surface area contributed by atoms with Gasteiger partial charge in [0.15, 0.2) is 5.13 Å². The summed E-state index contributed by atoms with van der Waals surface area (Å²) in [5.41, 5.74) is 1.72. The average Bonchev–Trinajstić information content (AvgIpc) is 3.40. The molecule has 0 atom stereocenters. The van der Waals surface area contributed by atoms with E-state index >= 15 is 0 Å². The Labute approximate surface area is 168 Å².